The van der Waals surface area contributed by atoms with Crippen molar-refractivity contribution in [3.05, 3.63) is 12.2 Å². The summed E-state index contributed by atoms with van der Waals surface area (Å²) in [4.78, 5) is 38.6. The molecule has 0 aromatic heterocycles. The molecule has 540 valence electrons. The first-order valence-electron chi connectivity index (χ1n) is 36.1. The smallest absolute Gasteiger partial charge is 0.364 e. The lowest BCUT2D eigenvalue weighted by Gasteiger charge is -2.50. The predicted octanol–water partition coefficient (Wildman–Crippen LogP) is 7.07. The average Bonchev–Trinajstić information content (AvgIpc) is 0.768. The summed E-state index contributed by atoms with van der Waals surface area (Å²) >= 11 is 0. The number of rotatable bonds is 55. The van der Waals surface area contributed by atoms with E-state index in [2.05, 4.69) is 24.5 Å². The second-order valence-corrected chi connectivity index (χ2v) is 26.5. The van der Waals surface area contributed by atoms with Gasteiger partial charge in [-0.15, -0.1) is 0 Å². The molecular formula is C69H128N2O21. The van der Waals surface area contributed by atoms with E-state index in [-0.39, 0.29) is 12.3 Å². The van der Waals surface area contributed by atoms with E-state index in [1.54, 1.807) is 6.08 Å². The third kappa shape index (κ3) is 31.8. The molecule has 14 N–H and O–H groups in total. The van der Waals surface area contributed by atoms with E-state index in [1.807, 2.05) is 6.08 Å². The number of hydrogen-bond acceptors (Lipinski definition) is 20. The zero-order chi connectivity index (χ0) is 67.5. The van der Waals surface area contributed by atoms with Crippen LogP contribution in [0.4, 0.5) is 0 Å². The molecule has 0 spiro atoms. The molecule has 3 aliphatic heterocycles. The normalized spacial score (nSPS) is 28.3. The van der Waals surface area contributed by atoms with Gasteiger partial charge in [0.25, 0.3) is 5.79 Å². The molecule has 92 heavy (non-hydrogen) atoms. The van der Waals surface area contributed by atoms with Gasteiger partial charge in [0, 0.05) is 19.8 Å². The Morgan fingerprint density at radius 2 is 1.01 bits per heavy atom. The quantitative estimate of drug-likeness (QED) is 0.0214. The van der Waals surface area contributed by atoms with Crippen molar-refractivity contribution in [1.82, 2.24) is 10.6 Å². The molecule has 3 aliphatic rings. The lowest BCUT2D eigenvalue weighted by atomic mass is 9.88. The van der Waals surface area contributed by atoms with Gasteiger partial charge in [0.15, 0.2) is 12.6 Å². The summed E-state index contributed by atoms with van der Waals surface area (Å²) in [6.07, 6.45) is 19.6. The van der Waals surface area contributed by atoms with Crippen LogP contribution in [0, 0.1) is 0 Å². The van der Waals surface area contributed by atoms with E-state index < -0.39 is 155 Å². The minimum Gasteiger partial charge on any atom is -0.477 e. The van der Waals surface area contributed by atoms with Crippen molar-refractivity contribution in [3.8, 4) is 0 Å². The summed E-state index contributed by atoms with van der Waals surface area (Å²) in [6, 6.07) is -2.61. The number of nitrogens with one attached hydrogen (secondary N) is 2. The topological polar surface area (TPSA) is 373 Å². The molecule has 2 amide bonds. The van der Waals surface area contributed by atoms with Gasteiger partial charge in [-0.25, -0.2) is 4.79 Å². The van der Waals surface area contributed by atoms with Gasteiger partial charge in [0.05, 0.1) is 50.7 Å². The minimum atomic E-state index is -3.08. The van der Waals surface area contributed by atoms with Crippen LogP contribution < -0.4 is 10.6 Å². The number of allylic oxidation sites excluding steroid dienone is 1. The predicted molar refractivity (Wildman–Crippen MR) is 348 cm³/mol. The van der Waals surface area contributed by atoms with Crippen molar-refractivity contribution < 1.29 is 104 Å². The Kier molecular flexibility index (Phi) is 45.4. The van der Waals surface area contributed by atoms with Gasteiger partial charge >= 0.3 is 5.97 Å². The Morgan fingerprint density at radius 1 is 0.565 bits per heavy atom. The van der Waals surface area contributed by atoms with Crippen LogP contribution in [0.2, 0.25) is 0 Å². The monoisotopic (exact) mass is 1320 g/mol. The molecule has 3 heterocycles. The number of aliphatic hydroxyl groups excluding tert-OH is 11. The fourth-order valence-corrected chi connectivity index (χ4v) is 12.7. The van der Waals surface area contributed by atoms with E-state index in [1.165, 1.54) is 180 Å². The molecule has 3 saturated heterocycles. The maximum Gasteiger partial charge on any atom is 0.364 e. The van der Waals surface area contributed by atoms with Gasteiger partial charge in [-0.05, 0) is 19.3 Å². The third-order valence-electron chi connectivity index (χ3n) is 18.5. The van der Waals surface area contributed by atoms with Crippen LogP contribution in [-0.2, 0) is 42.8 Å². The lowest BCUT2D eigenvalue weighted by molar-refractivity contribution is -0.386. The number of ether oxygens (including phenoxy) is 6. The second kappa shape index (κ2) is 49.9. The largest absolute Gasteiger partial charge is 0.477 e. The number of hydrogen-bond donors (Lipinski definition) is 14. The summed E-state index contributed by atoms with van der Waals surface area (Å²) in [5.74, 6) is -6.13. The SMILES string of the molecule is CCCCCCCCCCCCCCCCC/C=C/C(O)C(COC1OC(CO)C(OC2OC(CO)C(O)C(OC3(C(=O)O)CC(O)C(NC(C)=O)C(C(O)C(O)CO)O3)C2O)C(O)C1O)NC(=O)CCCCCCCCCCCCCCCCCCCCCCC. The highest BCUT2D eigenvalue weighted by atomic mass is 16.8. The van der Waals surface area contributed by atoms with Crippen LogP contribution in [0.5, 0.6) is 0 Å². The minimum absolute atomic E-state index is 0.205. The van der Waals surface area contributed by atoms with Crippen LogP contribution in [0.15, 0.2) is 12.2 Å². The summed E-state index contributed by atoms with van der Waals surface area (Å²) in [5.41, 5.74) is 0. The second-order valence-electron chi connectivity index (χ2n) is 26.5. The third-order valence-corrected chi connectivity index (χ3v) is 18.5. The van der Waals surface area contributed by atoms with Crippen molar-refractivity contribution in [1.29, 1.82) is 0 Å². The van der Waals surface area contributed by atoms with Gasteiger partial charge in [-0.3, -0.25) is 9.59 Å². The fourth-order valence-electron chi connectivity index (χ4n) is 12.7. The van der Waals surface area contributed by atoms with Crippen molar-refractivity contribution in [2.24, 2.45) is 0 Å². The van der Waals surface area contributed by atoms with Gasteiger partial charge < -0.3 is 100 Å². The Morgan fingerprint density at radius 3 is 1.45 bits per heavy atom. The first kappa shape index (κ1) is 83.7. The Hall–Kier alpha value is -2.53. The molecule has 23 heteroatoms. The van der Waals surface area contributed by atoms with E-state index in [0.717, 1.165) is 51.9 Å². The van der Waals surface area contributed by atoms with E-state index in [0.29, 0.717) is 12.8 Å². The summed E-state index contributed by atoms with van der Waals surface area (Å²) in [6.45, 7) is 2.16. The number of carbonyl (C=O) groups excluding carboxylic acids is 2. The highest BCUT2D eigenvalue weighted by Crippen LogP contribution is 2.39. The molecule has 0 radical (unpaired) electrons. The fraction of sp³-hybridized carbons (Fsp3) is 0.928. The molecule has 0 aliphatic carbocycles. The number of carboxylic acids is 1. The van der Waals surface area contributed by atoms with Gasteiger partial charge in [0.2, 0.25) is 11.8 Å². The van der Waals surface area contributed by atoms with E-state index in [9.17, 15) is 75.7 Å². The zero-order valence-corrected chi connectivity index (χ0v) is 56.4. The zero-order valence-electron chi connectivity index (χ0n) is 56.4. The molecule has 18 atom stereocenters. The lowest BCUT2D eigenvalue weighted by Crippen LogP contribution is -2.70. The first-order chi connectivity index (χ1) is 44.4. The van der Waals surface area contributed by atoms with Gasteiger partial charge in [0.1, 0.15) is 67.1 Å². The van der Waals surface area contributed by atoms with Gasteiger partial charge in [-0.1, -0.05) is 244 Å². The van der Waals surface area contributed by atoms with Crippen molar-refractivity contribution in [2.75, 3.05) is 26.4 Å². The maximum atomic E-state index is 13.5. The molecule has 0 aromatic rings. The molecule has 0 bridgehead atoms. The van der Waals surface area contributed by atoms with Gasteiger partial charge in [-0.2, -0.15) is 0 Å². The highest BCUT2D eigenvalue weighted by molar-refractivity contribution is 5.77. The van der Waals surface area contributed by atoms with Crippen molar-refractivity contribution >= 4 is 17.8 Å². The number of aliphatic hydroxyl groups is 11. The number of carboxylic acid groups (broad SMARTS) is 1. The first-order valence-corrected chi connectivity index (χ1v) is 36.1. The van der Waals surface area contributed by atoms with Crippen LogP contribution in [0.1, 0.15) is 271 Å². The molecule has 23 nitrogen and oxygen atoms in total. The van der Waals surface area contributed by atoms with E-state index >= 15 is 0 Å². The number of aliphatic carboxylic acids is 1. The summed E-state index contributed by atoms with van der Waals surface area (Å²) in [7, 11) is 0. The summed E-state index contributed by atoms with van der Waals surface area (Å²) in [5, 5.41) is 136. The molecular weight excluding hydrogens is 1190 g/mol. The Balaban J connectivity index is 1.58. The maximum absolute atomic E-state index is 13.5. The molecule has 0 saturated carbocycles. The van der Waals surface area contributed by atoms with Crippen LogP contribution >= 0.6 is 0 Å². The van der Waals surface area contributed by atoms with Crippen LogP contribution in [0.25, 0.3) is 0 Å². The molecule has 3 fully saturated rings. The van der Waals surface area contributed by atoms with Crippen LogP contribution in [0.3, 0.4) is 0 Å². The number of carbonyl (C=O) groups is 3. The van der Waals surface area contributed by atoms with E-state index in [4.69, 9.17) is 28.4 Å². The van der Waals surface area contributed by atoms with Crippen LogP contribution in [-0.4, -0.2) is 215 Å². The molecule has 0 aromatic carbocycles. The molecule has 18 unspecified atom stereocenters. The number of unbranched alkanes of at least 4 members (excludes halogenated alkanes) is 35. The standard InChI is InChI=1S/C69H128N2O21/c1-4-6-8-10-12-14-16-18-20-22-23-24-25-27-29-31-33-35-37-39-41-43-56(79)71-50(51(76)42-40-38-36-34-32-30-28-26-21-19-17-15-13-11-9-7-5-2)48-87-66-61(83)60(82)63(55(47-74)89-66)90-67-62(84)65(59(81)54(46-73)88-67)92-69(68(85)86)44-52(77)57(70-49(3)75)64(91-69)58(80)53(78)45-72/h40,42,50-55,57-67,72-74,76-78,80-84H,4-39,41,43-48H2,1-3H3,(H,70,75)(H,71,79)(H,85,86)/b42-40+. The Bertz CT molecular complexity index is 1910. The number of amides is 2. The highest BCUT2D eigenvalue weighted by Gasteiger charge is 2.60. The molecule has 3 rings (SSSR count). The van der Waals surface area contributed by atoms with Crippen molar-refractivity contribution in [3.63, 3.8) is 0 Å². The average molecular weight is 1320 g/mol. The van der Waals surface area contributed by atoms with Crippen molar-refractivity contribution in [2.45, 2.75) is 381 Å². The summed E-state index contributed by atoms with van der Waals surface area (Å²) < 4.78 is 34.8. The Labute approximate surface area is 550 Å².